The highest BCUT2D eigenvalue weighted by molar-refractivity contribution is 6.34. The first-order valence-electron chi connectivity index (χ1n) is 7.49. The van der Waals surface area contributed by atoms with E-state index in [9.17, 15) is 14.4 Å². The van der Waals surface area contributed by atoms with Crippen LogP contribution in [0.25, 0.3) is 0 Å². The highest BCUT2D eigenvalue weighted by Crippen LogP contribution is 2.30. The van der Waals surface area contributed by atoms with E-state index in [-0.39, 0.29) is 17.7 Å². The number of amides is 3. The highest BCUT2D eigenvalue weighted by atomic mass is 16.2. The van der Waals surface area contributed by atoms with Crippen LogP contribution in [0.3, 0.4) is 0 Å². The fourth-order valence-corrected chi connectivity index (χ4v) is 2.58. The predicted octanol–water partition coefficient (Wildman–Crippen LogP) is 3.23. The first kappa shape index (κ1) is 15.0. The zero-order valence-corrected chi connectivity index (χ0v) is 12.7. The van der Waals surface area contributed by atoms with E-state index in [4.69, 9.17) is 0 Å². The lowest BCUT2D eigenvalue weighted by atomic mass is 10.1. The second-order valence-corrected chi connectivity index (χ2v) is 5.34. The zero-order chi connectivity index (χ0) is 16.4. The summed E-state index contributed by atoms with van der Waals surface area (Å²) in [7, 11) is 0. The van der Waals surface area contributed by atoms with E-state index in [2.05, 4.69) is 5.32 Å². The summed E-state index contributed by atoms with van der Waals surface area (Å²) in [5.41, 5.74) is 1.73. The fourth-order valence-electron chi connectivity index (χ4n) is 2.58. The molecular weight excluding hydrogens is 292 g/mol. The van der Waals surface area contributed by atoms with Crippen molar-refractivity contribution in [3.63, 3.8) is 0 Å². The Balaban J connectivity index is 1.92. The Morgan fingerprint density at radius 1 is 1.00 bits per heavy atom. The molecule has 0 radical (unpaired) electrons. The normalized spacial score (nSPS) is 13.2. The number of nitrogens with zero attached hydrogens (tertiary/aromatic N) is 1. The van der Waals surface area contributed by atoms with Crippen molar-refractivity contribution >= 4 is 29.1 Å². The highest BCUT2D eigenvalue weighted by Gasteiger charge is 2.36. The van der Waals surface area contributed by atoms with Gasteiger partial charge in [0.2, 0.25) is 5.91 Å². The number of imide groups is 1. The van der Waals surface area contributed by atoms with E-state index < -0.39 is 0 Å². The molecule has 5 nitrogen and oxygen atoms in total. The summed E-state index contributed by atoms with van der Waals surface area (Å²) in [6.07, 6.45) is 1.16. The standard InChI is InChI=1S/C18H16N2O3/c1-2-6-16(21)19-12-9-10-14-15(11-12)18(23)20(17(14)22)13-7-4-3-5-8-13/h3-5,7-11H,2,6H2,1H3,(H,19,21). The molecule has 2 aromatic rings. The SMILES string of the molecule is CCCC(=O)Nc1ccc2c(c1)C(=O)N(c1ccccc1)C2=O. The van der Waals surface area contributed by atoms with E-state index >= 15 is 0 Å². The molecule has 0 aromatic heterocycles. The molecular formula is C18H16N2O3. The van der Waals surface area contributed by atoms with Crippen molar-refractivity contribution in [2.45, 2.75) is 19.8 Å². The minimum absolute atomic E-state index is 0.107. The second kappa shape index (κ2) is 6.04. The van der Waals surface area contributed by atoms with Crippen LogP contribution in [0.5, 0.6) is 0 Å². The first-order chi connectivity index (χ1) is 11.1. The van der Waals surface area contributed by atoms with E-state index in [1.54, 1.807) is 42.5 Å². The van der Waals surface area contributed by atoms with Crippen molar-refractivity contribution in [3.8, 4) is 0 Å². The molecule has 2 aromatic carbocycles. The summed E-state index contributed by atoms with van der Waals surface area (Å²) < 4.78 is 0. The minimum atomic E-state index is -0.372. The Bertz CT molecular complexity index is 784. The van der Waals surface area contributed by atoms with Gasteiger partial charge in [0.25, 0.3) is 11.8 Å². The van der Waals surface area contributed by atoms with Crippen LogP contribution < -0.4 is 10.2 Å². The average Bonchev–Trinajstić information content (AvgIpc) is 2.79. The van der Waals surface area contributed by atoms with Crippen LogP contribution in [0.15, 0.2) is 48.5 Å². The van der Waals surface area contributed by atoms with Gasteiger partial charge in [-0.1, -0.05) is 25.1 Å². The Morgan fingerprint density at radius 2 is 1.70 bits per heavy atom. The molecule has 3 rings (SSSR count). The molecule has 0 spiro atoms. The number of anilines is 2. The molecule has 1 heterocycles. The zero-order valence-electron chi connectivity index (χ0n) is 12.7. The lowest BCUT2D eigenvalue weighted by Gasteiger charge is -2.13. The van der Waals surface area contributed by atoms with Crippen LogP contribution in [-0.2, 0) is 4.79 Å². The maximum absolute atomic E-state index is 12.6. The van der Waals surface area contributed by atoms with E-state index in [1.807, 2.05) is 13.0 Å². The molecule has 116 valence electrons. The van der Waals surface area contributed by atoms with Gasteiger partial charge in [-0.3, -0.25) is 14.4 Å². The van der Waals surface area contributed by atoms with Crippen molar-refractivity contribution < 1.29 is 14.4 Å². The number of para-hydroxylation sites is 1. The molecule has 23 heavy (non-hydrogen) atoms. The molecule has 3 amide bonds. The summed E-state index contributed by atoms with van der Waals surface area (Å²) in [6, 6.07) is 13.6. The van der Waals surface area contributed by atoms with Gasteiger partial charge in [0.15, 0.2) is 0 Å². The van der Waals surface area contributed by atoms with Gasteiger partial charge in [-0.15, -0.1) is 0 Å². The summed E-state index contributed by atoms with van der Waals surface area (Å²) in [5.74, 6) is -0.824. The third kappa shape index (κ3) is 2.73. The topological polar surface area (TPSA) is 66.5 Å². The van der Waals surface area contributed by atoms with Crippen molar-refractivity contribution in [1.82, 2.24) is 0 Å². The van der Waals surface area contributed by atoms with Gasteiger partial charge >= 0.3 is 0 Å². The van der Waals surface area contributed by atoms with Crippen molar-refractivity contribution in [3.05, 3.63) is 59.7 Å². The maximum Gasteiger partial charge on any atom is 0.266 e. The monoisotopic (exact) mass is 308 g/mol. The minimum Gasteiger partial charge on any atom is -0.326 e. The molecule has 5 heteroatoms. The van der Waals surface area contributed by atoms with E-state index in [1.165, 1.54) is 0 Å². The van der Waals surface area contributed by atoms with E-state index in [0.29, 0.717) is 28.9 Å². The smallest absolute Gasteiger partial charge is 0.266 e. The molecule has 0 saturated carbocycles. The van der Waals surface area contributed by atoms with Crippen molar-refractivity contribution in [2.75, 3.05) is 10.2 Å². The van der Waals surface area contributed by atoms with E-state index in [0.717, 1.165) is 11.3 Å². The molecule has 1 aliphatic heterocycles. The maximum atomic E-state index is 12.6. The third-order valence-electron chi connectivity index (χ3n) is 3.66. The third-order valence-corrected chi connectivity index (χ3v) is 3.66. The van der Waals surface area contributed by atoms with Gasteiger partial charge in [0, 0.05) is 12.1 Å². The second-order valence-electron chi connectivity index (χ2n) is 5.34. The molecule has 0 aliphatic carbocycles. The molecule has 1 aliphatic rings. The van der Waals surface area contributed by atoms with Gasteiger partial charge in [-0.2, -0.15) is 0 Å². The molecule has 1 N–H and O–H groups in total. The summed E-state index contributed by atoms with van der Waals surface area (Å²) in [5, 5.41) is 2.74. The van der Waals surface area contributed by atoms with Crippen LogP contribution in [0.4, 0.5) is 11.4 Å². The summed E-state index contributed by atoms with van der Waals surface area (Å²) in [6.45, 7) is 1.92. The van der Waals surface area contributed by atoms with Gasteiger partial charge in [-0.25, -0.2) is 4.90 Å². The van der Waals surface area contributed by atoms with Crippen LogP contribution in [0.1, 0.15) is 40.5 Å². The van der Waals surface area contributed by atoms with Crippen molar-refractivity contribution in [1.29, 1.82) is 0 Å². The Labute approximate surface area is 133 Å². The summed E-state index contributed by atoms with van der Waals surface area (Å²) >= 11 is 0. The molecule has 0 unspecified atom stereocenters. The van der Waals surface area contributed by atoms with Crippen LogP contribution in [0, 0.1) is 0 Å². The quantitative estimate of drug-likeness (QED) is 0.882. The number of carbonyl (C=O) groups is 3. The number of hydrogen-bond donors (Lipinski definition) is 1. The predicted molar refractivity (Wildman–Crippen MR) is 87.6 cm³/mol. The summed E-state index contributed by atoms with van der Waals surface area (Å²) in [4.78, 5) is 37.9. The van der Waals surface area contributed by atoms with Crippen LogP contribution >= 0.6 is 0 Å². The number of fused-ring (bicyclic) bond motifs is 1. The number of rotatable bonds is 4. The number of hydrogen-bond acceptors (Lipinski definition) is 3. The Kier molecular flexibility index (Phi) is 3.93. The average molecular weight is 308 g/mol. The lowest BCUT2D eigenvalue weighted by Crippen LogP contribution is -2.29. The van der Waals surface area contributed by atoms with Crippen LogP contribution in [0.2, 0.25) is 0 Å². The van der Waals surface area contributed by atoms with Crippen molar-refractivity contribution in [2.24, 2.45) is 0 Å². The van der Waals surface area contributed by atoms with Gasteiger partial charge in [0.1, 0.15) is 0 Å². The molecule has 0 bridgehead atoms. The van der Waals surface area contributed by atoms with Gasteiger partial charge in [-0.05, 0) is 36.8 Å². The molecule has 0 fully saturated rings. The first-order valence-corrected chi connectivity index (χ1v) is 7.49. The lowest BCUT2D eigenvalue weighted by molar-refractivity contribution is -0.116. The van der Waals surface area contributed by atoms with Gasteiger partial charge < -0.3 is 5.32 Å². The Morgan fingerprint density at radius 3 is 2.39 bits per heavy atom. The largest absolute Gasteiger partial charge is 0.326 e. The van der Waals surface area contributed by atoms with Crippen LogP contribution in [-0.4, -0.2) is 17.7 Å². The number of nitrogens with one attached hydrogen (secondary N) is 1. The molecule has 0 saturated heterocycles. The molecule has 0 atom stereocenters. The number of benzene rings is 2. The number of carbonyl (C=O) groups excluding carboxylic acids is 3. The fraction of sp³-hybridized carbons (Fsp3) is 0.167. The van der Waals surface area contributed by atoms with Gasteiger partial charge in [0.05, 0.1) is 16.8 Å². The Hall–Kier alpha value is -2.95.